The lowest BCUT2D eigenvalue weighted by atomic mass is 9.33. The average Bonchev–Trinajstić information content (AvgIpc) is 3.77. The number of nitrogens with zero attached hydrogens (tertiary/aromatic N) is 2. The van der Waals surface area contributed by atoms with Crippen LogP contribution in [0.3, 0.4) is 0 Å². The summed E-state index contributed by atoms with van der Waals surface area (Å²) in [5.41, 5.74) is 2.56. The van der Waals surface area contributed by atoms with E-state index in [1.54, 1.807) is 0 Å². The molecule has 1 aliphatic heterocycles. The second kappa shape index (κ2) is 7.13. The summed E-state index contributed by atoms with van der Waals surface area (Å²) in [6.07, 6.45) is 15.4. The standard InChI is InChI=1S/C32H43BN2O3/c1-26(2)8-10-30(14-15-33(37)38)11-9-29(5)28(4)7-6-21-27(3,17-20(19-34)25(36)31(21)12-13-31)22(28)16-24-32(29,35-24)23(30)18-26/h16-17,21,23,37-38H,6-15,18H2,1-5H3/t21-,23?,27+,28-,29+,30-,32-/m1/s1. The second-order valence-corrected chi connectivity index (χ2v) is 15.8. The van der Waals surface area contributed by atoms with E-state index >= 15 is 0 Å². The molecule has 0 aromatic rings. The number of carbonyl (C=O) groups excluding carboxylic acids is 1. The number of hydrogen-bond donors (Lipinski definition) is 2. The summed E-state index contributed by atoms with van der Waals surface area (Å²) in [4.78, 5) is 18.8. The van der Waals surface area contributed by atoms with Crippen LogP contribution in [0.4, 0.5) is 0 Å². The Morgan fingerprint density at radius 2 is 1.74 bits per heavy atom. The monoisotopic (exact) mass is 514 g/mol. The largest absolute Gasteiger partial charge is 0.451 e. The van der Waals surface area contributed by atoms with Gasteiger partial charge in [-0.1, -0.05) is 46.3 Å². The van der Waals surface area contributed by atoms with Crippen LogP contribution in [0, 0.1) is 55.7 Å². The summed E-state index contributed by atoms with van der Waals surface area (Å²) < 4.78 is 0. The number of aliphatic imine (C=N–C) groups is 1. The maximum absolute atomic E-state index is 13.3. The Bertz CT molecular complexity index is 1280. The second-order valence-electron chi connectivity index (χ2n) is 15.8. The van der Waals surface area contributed by atoms with Crippen LogP contribution in [0.5, 0.6) is 0 Å². The molecule has 38 heavy (non-hydrogen) atoms. The van der Waals surface area contributed by atoms with Crippen LogP contribution < -0.4 is 0 Å². The van der Waals surface area contributed by atoms with Crippen molar-refractivity contribution in [2.45, 2.75) is 111 Å². The molecule has 202 valence electrons. The molecular formula is C32H43BN2O3. The first-order chi connectivity index (χ1) is 17.7. The summed E-state index contributed by atoms with van der Waals surface area (Å²) in [5, 5.41) is 29.6. The van der Waals surface area contributed by atoms with E-state index in [0.717, 1.165) is 57.8 Å². The molecule has 0 aromatic carbocycles. The van der Waals surface area contributed by atoms with Crippen LogP contribution in [0.25, 0.3) is 0 Å². The lowest BCUT2D eigenvalue weighted by Gasteiger charge is -2.69. The molecule has 0 amide bonds. The van der Waals surface area contributed by atoms with Crippen LogP contribution in [0.2, 0.25) is 6.32 Å². The first-order valence-corrected chi connectivity index (χ1v) is 15.1. The van der Waals surface area contributed by atoms with Gasteiger partial charge in [0.25, 0.3) is 0 Å². The molecule has 2 spiro atoms. The third kappa shape index (κ3) is 2.72. The fourth-order valence-electron chi connectivity index (χ4n) is 11.4. The SMILES string of the molecule is CC1(C)CC[C@]2(CCB(O)O)CC[C@@]3(C)[C@]4(C)CC[C@H]5C6(CC6)C(=O)C(C#N)=C[C@]5(C)C4=CC4=N[C@]43C2C1. The quantitative estimate of drug-likeness (QED) is 0.464. The van der Waals surface area contributed by atoms with Crippen LogP contribution in [-0.2, 0) is 4.79 Å². The van der Waals surface area contributed by atoms with E-state index in [1.165, 1.54) is 17.7 Å². The minimum Gasteiger partial charge on any atom is -0.427 e. The maximum atomic E-state index is 13.3. The summed E-state index contributed by atoms with van der Waals surface area (Å²) in [6.45, 7) is 12.1. The molecule has 7 rings (SSSR count). The van der Waals surface area contributed by atoms with Crippen LogP contribution >= 0.6 is 0 Å². The summed E-state index contributed by atoms with van der Waals surface area (Å²) in [6, 6.07) is 2.29. The van der Waals surface area contributed by atoms with Crippen molar-refractivity contribution in [3.8, 4) is 6.07 Å². The molecule has 1 heterocycles. The summed E-state index contributed by atoms with van der Waals surface area (Å²) >= 11 is 0. The summed E-state index contributed by atoms with van der Waals surface area (Å²) in [5.74, 6) is 0.792. The highest BCUT2D eigenvalue weighted by Gasteiger charge is 2.79. The lowest BCUT2D eigenvalue weighted by molar-refractivity contribution is -0.137. The van der Waals surface area contributed by atoms with Gasteiger partial charge in [-0.05, 0) is 105 Å². The maximum Gasteiger partial charge on any atom is 0.451 e. The Hall–Kier alpha value is -1.71. The number of ketones is 1. The van der Waals surface area contributed by atoms with E-state index in [9.17, 15) is 20.1 Å². The van der Waals surface area contributed by atoms with E-state index in [-0.39, 0.29) is 49.7 Å². The number of rotatable bonds is 3. The van der Waals surface area contributed by atoms with E-state index in [1.807, 2.05) is 0 Å². The van der Waals surface area contributed by atoms with Crippen molar-refractivity contribution in [1.29, 1.82) is 5.26 Å². The van der Waals surface area contributed by atoms with Crippen molar-refractivity contribution in [2.24, 2.45) is 49.3 Å². The third-order valence-electron chi connectivity index (χ3n) is 13.8. The van der Waals surface area contributed by atoms with Crippen molar-refractivity contribution in [1.82, 2.24) is 0 Å². The first-order valence-electron chi connectivity index (χ1n) is 15.1. The van der Waals surface area contributed by atoms with Gasteiger partial charge in [0.15, 0.2) is 5.78 Å². The summed E-state index contributed by atoms with van der Waals surface area (Å²) in [7, 11) is -1.25. The lowest BCUT2D eigenvalue weighted by Crippen LogP contribution is -2.68. The molecule has 5 nitrogen and oxygen atoms in total. The molecule has 7 atom stereocenters. The molecule has 0 saturated heterocycles. The molecule has 6 heteroatoms. The highest BCUT2D eigenvalue weighted by Crippen LogP contribution is 2.80. The number of nitriles is 1. The Labute approximate surface area is 228 Å². The molecule has 6 aliphatic carbocycles. The highest BCUT2D eigenvalue weighted by molar-refractivity contribution is 6.40. The van der Waals surface area contributed by atoms with Gasteiger partial charge in [-0.25, -0.2) is 0 Å². The fraction of sp³-hybridized carbons (Fsp3) is 0.781. The van der Waals surface area contributed by atoms with Crippen molar-refractivity contribution in [3.63, 3.8) is 0 Å². The van der Waals surface area contributed by atoms with Crippen molar-refractivity contribution in [3.05, 3.63) is 23.3 Å². The van der Waals surface area contributed by atoms with Gasteiger partial charge in [-0.15, -0.1) is 0 Å². The average molecular weight is 515 g/mol. The van der Waals surface area contributed by atoms with Crippen molar-refractivity contribution >= 4 is 18.6 Å². The molecule has 1 unspecified atom stereocenters. The smallest absolute Gasteiger partial charge is 0.427 e. The van der Waals surface area contributed by atoms with E-state index in [4.69, 9.17) is 4.99 Å². The minimum absolute atomic E-state index is 0.0222. The number of hydrogen-bond acceptors (Lipinski definition) is 5. The minimum atomic E-state index is -1.25. The first kappa shape index (κ1) is 25.3. The van der Waals surface area contributed by atoms with Gasteiger partial charge < -0.3 is 10.0 Å². The Morgan fingerprint density at radius 3 is 2.39 bits per heavy atom. The Balaban J connectivity index is 1.37. The molecular weight excluding hydrogens is 471 g/mol. The van der Waals surface area contributed by atoms with Gasteiger partial charge in [0.2, 0.25) is 0 Å². The molecule has 0 aromatic heterocycles. The van der Waals surface area contributed by atoms with E-state index < -0.39 is 7.12 Å². The molecule has 0 bridgehead atoms. The van der Waals surface area contributed by atoms with Crippen LogP contribution in [0.1, 0.15) is 98.8 Å². The van der Waals surface area contributed by atoms with Crippen molar-refractivity contribution in [2.75, 3.05) is 0 Å². The zero-order valence-corrected chi connectivity index (χ0v) is 23.9. The Kier molecular flexibility index (Phi) is 4.74. The van der Waals surface area contributed by atoms with E-state index in [0.29, 0.717) is 17.8 Å². The predicted octanol–water partition coefficient (Wildman–Crippen LogP) is 5.83. The fourth-order valence-corrected chi connectivity index (χ4v) is 11.4. The van der Waals surface area contributed by atoms with Gasteiger partial charge in [-0.2, -0.15) is 5.26 Å². The molecule has 0 radical (unpaired) electrons. The van der Waals surface area contributed by atoms with Crippen LogP contribution in [0.15, 0.2) is 28.3 Å². The van der Waals surface area contributed by atoms with E-state index in [2.05, 4.69) is 52.8 Å². The highest BCUT2D eigenvalue weighted by atomic mass is 16.4. The van der Waals surface area contributed by atoms with Gasteiger partial charge in [0.1, 0.15) is 11.6 Å². The number of carbonyl (C=O) groups is 1. The van der Waals surface area contributed by atoms with Gasteiger partial charge in [0.05, 0.1) is 11.3 Å². The van der Waals surface area contributed by atoms with Gasteiger partial charge in [-0.3, -0.25) is 9.79 Å². The number of Topliss-reactive ketones (excluding diaryl/α,β-unsaturated/α-hetero) is 1. The predicted molar refractivity (Wildman–Crippen MR) is 148 cm³/mol. The number of fused-ring (bicyclic) bond motifs is 6. The van der Waals surface area contributed by atoms with Crippen molar-refractivity contribution < 1.29 is 14.8 Å². The molecule has 7 aliphatic rings. The topological polar surface area (TPSA) is 93.7 Å². The normalized spacial score (nSPS) is 48.6. The number of allylic oxidation sites excluding steroid dienone is 3. The third-order valence-corrected chi connectivity index (χ3v) is 13.8. The molecule has 4 saturated carbocycles. The zero-order chi connectivity index (χ0) is 27.1. The van der Waals surface area contributed by atoms with Gasteiger partial charge in [0, 0.05) is 16.2 Å². The molecule has 4 fully saturated rings. The van der Waals surface area contributed by atoms with Crippen LogP contribution in [-0.4, -0.2) is 34.2 Å². The van der Waals surface area contributed by atoms with Gasteiger partial charge >= 0.3 is 7.12 Å². The Morgan fingerprint density at radius 1 is 1.03 bits per heavy atom. The zero-order valence-electron chi connectivity index (χ0n) is 23.9. The molecule has 2 N–H and O–H groups in total.